The van der Waals surface area contributed by atoms with Crippen molar-refractivity contribution in [1.82, 2.24) is 14.0 Å². The zero-order valence-corrected chi connectivity index (χ0v) is 13.7. The molecule has 1 aliphatic heterocycles. The molecule has 1 aromatic heterocycles. The lowest BCUT2D eigenvalue weighted by molar-refractivity contribution is 0.285. The van der Waals surface area contributed by atoms with Crippen LogP contribution in [-0.4, -0.2) is 44.9 Å². The van der Waals surface area contributed by atoms with Crippen molar-refractivity contribution in [3.05, 3.63) is 23.9 Å². The molecule has 2 rings (SSSR count). The molecule has 1 aromatic rings. The molecule has 0 unspecified atom stereocenters. The first-order valence-corrected chi connectivity index (χ1v) is 8.69. The highest BCUT2D eigenvalue weighted by atomic mass is 32.2. The van der Waals surface area contributed by atoms with Gasteiger partial charge in [-0.15, -0.1) is 0 Å². The summed E-state index contributed by atoms with van der Waals surface area (Å²) in [5, 5.41) is 0. The highest BCUT2D eigenvalue weighted by Gasteiger charge is 2.25. The van der Waals surface area contributed by atoms with Crippen molar-refractivity contribution < 1.29 is 8.42 Å². The first-order valence-electron chi connectivity index (χ1n) is 7.25. The number of hydrogen-bond donors (Lipinski definition) is 1. The van der Waals surface area contributed by atoms with Gasteiger partial charge in [0.2, 0.25) is 0 Å². The summed E-state index contributed by atoms with van der Waals surface area (Å²) in [7, 11) is 0.427. The van der Waals surface area contributed by atoms with E-state index in [1.54, 1.807) is 10.5 Å². The van der Waals surface area contributed by atoms with Crippen molar-refractivity contribution in [2.75, 3.05) is 32.1 Å². The first-order chi connectivity index (χ1) is 9.88. The third kappa shape index (κ3) is 4.39. The largest absolute Gasteiger partial charge is 0.363 e. The number of aromatic nitrogens is 1. The van der Waals surface area contributed by atoms with Crippen LogP contribution < -0.4 is 9.62 Å². The maximum Gasteiger partial charge on any atom is 0.279 e. The van der Waals surface area contributed by atoms with Crippen molar-refractivity contribution >= 4 is 16.0 Å². The van der Waals surface area contributed by atoms with E-state index in [2.05, 4.69) is 16.6 Å². The monoisotopic (exact) mass is 312 g/mol. The summed E-state index contributed by atoms with van der Waals surface area (Å²) in [6.45, 7) is 3.67. The van der Waals surface area contributed by atoms with E-state index in [0.717, 1.165) is 24.2 Å². The van der Waals surface area contributed by atoms with Gasteiger partial charge in [-0.3, -0.25) is 0 Å². The summed E-state index contributed by atoms with van der Waals surface area (Å²) in [6, 6.07) is 3.72. The second kappa shape index (κ2) is 6.72. The Morgan fingerprint density at radius 1 is 1.38 bits per heavy atom. The highest BCUT2D eigenvalue weighted by molar-refractivity contribution is 7.87. The fraction of sp³-hybridized carbons (Fsp3) is 0.643. The van der Waals surface area contributed by atoms with E-state index < -0.39 is 10.2 Å². The number of nitrogens with one attached hydrogen (secondary N) is 1. The Hall–Kier alpha value is -1.18. The molecule has 0 saturated carbocycles. The molecule has 1 N–H and O–H groups in total. The molecule has 0 atom stereocenters. The van der Waals surface area contributed by atoms with Crippen molar-refractivity contribution in [1.29, 1.82) is 0 Å². The smallest absolute Gasteiger partial charge is 0.279 e. The molecule has 1 saturated heterocycles. The molecule has 0 bridgehead atoms. The molecule has 0 aromatic carbocycles. The molecule has 6 nitrogen and oxygen atoms in total. The van der Waals surface area contributed by atoms with Crippen LogP contribution in [0.3, 0.4) is 0 Å². The minimum atomic E-state index is -3.39. The van der Waals surface area contributed by atoms with Crippen molar-refractivity contribution in [3.8, 4) is 0 Å². The van der Waals surface area contributed by atoms with E-state index in [1.165, 1.54) is 0 Å². The second-order valence-corrected chi connectivity index (χ2v) is 7.58. The van der Waals surface area contributed by atoms with E-state index in [-0.39, 0.29) is 6.54 Å². The number of piperidine rings is 1. The molecular weight excluding hydrogens is 288 g/mol. The van der Waals surface area contributed by atoms with Gasteiger partial charge >= 0.3 is 0 Å². The summed E-state index contributed by atoms with van der Waals surface area (Å²) in [5.74, 6) is 1.43. The quantitative estimate of drug-likeness (QED) is 0.887. The Balaban J connectivity index is 1.97. The molecule has 2 heterocycles. The molecule has 7 heteroatoms. The van der Waals surface area contributed by atoms with E-state index in [1.807, 2.05) is 31.1 Å². The van der Waals surface area contributed by atoms with Crippen molar-refractivity contribution in [2.24, 2.45) is 5.92 Å². The van der Waals surface area contributed by atoms with Crippen LogP contribution in [0.2, 0.25) is 0 Å². The Bertz CT molecular complexity index is 566. The minimum absolute atomic E-state index is 0.289. The van der Waals surface area contributed by atoms with Crippen LogP contribution in [0, 0.1) is 5.92 Å². The predicted octanol–water partition coefficient (Wildman–Crippen LogP) is 1.21. The maximum atomic E-state index is 12.3. The van der Waals surface area contributed by atoms with E-state index in [0.29, 0.717) is 19.0 Å². The van der Waals surface area contributed by atoms with Crippen molar-refractivity contribution in [2.45, 2.75) is 26.3 Å². The standard InChI is InChI=1S/C14H24N4O2S/c1-12-5-8-18(9-6-12)21(19,20)16-11-13-4-7-15-14(10-13)17(2)3/h4,7,10,12,16H,5-6,8-9,11H2,1-3H3. The average molecular weight is 312 g/mol. The number of pyridine rings is 1. The van der Waals surface area contributed by atoms with Crippen LogP contribution in [0.15, 0.2) is 18.3 Å². The van der Waals surface area contributed by atoms with Crippen LogP contribution in [0.5, 0.6) is 0 Å². The average Bonchev–Trinajstić information content (AvgIpc) is 2.46. The Morgan fingerprint density at radius 3 is 2.67 bits per heavy atom. The van der Waals surface area contributed by atoms with E-state index >= 15 is 0 Å². The number of anilines is 1. The highest BCUT2D eigenvalue weighted by Crippen LogP contribution is 2.18. The summed E-state index contributed by atoms with van der Waals surface area (Å²) in [4.78, 5) is 6.11. The summed E-state index contributed by atoms with van der Waals surface area (Å²) < 4.78 is 28.8. The fourth-order valence-corrected chi connectivity index (χ4v) is 3.53. The van der Waals surface area contributed by atoms with E-state index in [4.69, 9.17) is 0 Å². The van der Waals surface area contributed by atoms with Gasteiger partial charge in [0.25, 0.3) is 10.2 Å². The third-order valence-corrected chi connectivity index (χ3v) is 5.36. The van der Waals surface area contributed by atoms with Gasteiger partial charge in [0.05, 0.1) is 0 Å². The molecule has 1 fully saturated rings. The summed E-state index contributed by atoms with van der Waals surface area (Å²) >= 11 is 0. The maximum absolute atomic E-state index is 12.3. The van der Waals surface area contributed by atoms with Gasteiger partial charge in [-0.05, 0) is 36.5 Å². The van der Waals surface area contributed by atoms with Crippen LogP contribution in [-0.2, 0) is 16.8 Å². The van der Waals surface area contributed by atoms with Gasteiger partial charge in [0, 0.05) is 39.9 Å². The van der Waals surface area contributed by atoms with Gasteiger partial charge in [-0.25, -0.2) is 4.98 Å². The lowest BCUT2D eigenvalue weighted by Gasteiger charge is -2.29. The lowest BCUT2D eigenvalue weighted by atomic mass is 10.0. The molecule has 21 heavy (non-hydrogen) atoms. The molecule has 0 radical (unpaired) electrons. The normalized spacial score (nSPS) is 17.9. The number of hydrogen-bond acceptors (Lipinski definition) is 4. The van der Waals surface area contributed by atoms with Gasteiger partial charge in [0.15, 0.2) is 0 Å². The fourth-order valence-electron chi connectivity index (χ4n) is 2.31. The Morgan fingerprint density at radius 2 is 2.05 bits per heavy atom. The summed E-state index contributed by atoms with van der Waals surface area (Å²) in [6.07, 6.45) is 3.56. The van der Waals surface area contributed by atoms with Crippen LogP contribution in [0.1, 0.15) is 25.3 Å². The zero-order valence-electron chi connectivity index (χ0n) is 12.9. The minimum Gasteiger partial charge on any atom is -0.363 e. The van der Waals surface area contributed by atoms with Crippen LogP contribution in [0.25, 0.3) is 0 Å². The predicted molar refractivity (Wildman–Crippen MR) is 84.3 cm³/mol. The second-order valence-electron chi connectivity index (χ2n) is 5.82. The molecular formula is C14H24N4O2S. The molecule has 0 aliphatic carbocycles. The molecule has 1 aliphatic rings. The van der Waals surface area contributed by atoms with Crippen LogP contribution in [0.4, 0.5) is 5.82 Å². The Kier molecular flexibility index (Phi) is 5.18. The molecule has 0 amide bonds. The SMILES string of the molecule is CC1CCN(S(=O)(=O)NCc2ccnc(N(C)C)c2)CC1. The summed E-state index contributed by atoms with van der Waals surface area (Å²) in [5.41, 5.74) is 0.905. The third-order valence-electron chi connectivity index (χ3n) is 3.81. The number of nitrogens with zero attached hydrogens (tertiary/aromatic N) is 3. The number of rotatable bonds is 5. The van der Waals surface area contributed by atoms with Gasteiger partial charge in [-0.1, -0.05) is 6.92 Å². The zero-order chi connectivity index (χ0) is 15.5. The van der Waals surface area contributed by atoms with Crippen molar-refractivity contribution in [3.63, 3.8) is 0 Å². The van der Waals surface area contributed by atoms with Gasteiger partial charge in [0.1, 0.15) is 5.82 Å². The van der Waals surface area contributed by atoms with Gasteiger partial charge < -0.3 is 4.90 Å². The Labute approximate surface area is 127 Å². The topological polar surface area (TPSA) is 65.5 Å². The molecule has 118 valence electrons. The molecule has 0 spiro atoms. The first kappa shape index (κ1) is 16.2. The van der Waals surface area contributed by atoms with E-state index in [9.17, 15) is 8.42 Å². The van der Waals surface area contributed by atoms with Gasteiger partial charge in [-0.2, -0.15) is 17.4 Å². The van der Waals surface area contributed by atoms with Crippen LogP contribution >= 0.6 is 0 Å². The lowest BCUT2D eigenvalue weighted by Crippen LogP contribution is -2.44.